The first kappa shape index (κ1) is 18.3. The molecule has 2 aromatic heterocycles. The largest absolute Gasteiger partial charge is 0.418 e. The zero-order valence-electron chi connectivity index (χ0n) is 15.0. The molecule has 0 bridgehead atoms. The number of alkyl halides is 3. The smallest absolute Gasteiger partial charge is 0.317 e. The number of para-hydroxylation sites is 1. The Morgan fingerprint density at radius 2 is 2.00 bits per heavy atom. The standard InChI is InChI=1S/C20H19F3N4O/c21-20(22,23)17-6-1-2-7-18(17)25-19(28)26(15-4-3-5-15)13-14-9-11-27-16(12-14)8-10-24-27/h1-2,6-12,15H,3-5,13H2,(H,25,28). The predicted octanol–water partition coefficient (Wildman–Crippen LogP) is 4.94. The van der Waals surface area contributed by atoms with Crippen molar-refractivity contribution in [1.82, 2.24) is 14.5 Å². The lowest BCUT2D eigenvalue weighted by atomic mass is 9.91. The number of carbonyl (C=O) groups is 1. The van der Waals surface area contributed by atoms with E-state index >= 15 is 0 Å². The van der Waals surface area contributed by atoms with E-state index in [1.165, 1.54) is 18.2 Å². The third kappa shape index (κ3) is 3.67. The predicted molar refractivity (Wildman–Crippen MR) is 98.8 cm³/mol. The van der Waals surface area contributed by atoms with Crippen LogP contribution in [0.2, 0.25) is 0 Å². The summed E-state index contributed by atoms with van der Waals surface area (Å²) in [5.74, 6) is 0. The van der Waals surface area contributed by atoms with Crippen LogP contribution in [0.25, 0.3) is 5.52 Å². The molecule has 8 heteroatoms. The van der Waals surface area contributed by atoms with E-state index in [1.807, 2.05) is 18.2 Å². The minimum absolute atomic E-state index is 0.0270. The van der Waals surface area contributed by atoms with Gasteiger partial charge in [-0.15, -0.1) is 0 Å². The van der Waals surface area contributed by atoms with Crippen LogP contribution >= 0.6 is 0 Å². The molecular weight excluding hydrogens is 369 g/mol. The number of pyridine rings is 1. The monoisotopic (exact) mass is 388 g/mol. The van der Waals surface area contributed by atoms with Gasteiger partial charge in [0.25, 0.3) is 0 Å². The molecule has 0 unspecified atom stereocenters. The van der Waals surface area contributed by atoms with Gasteiger partial charge in [-0.05, 0) is 55.2 Å². The van der Waals surface area contributed by atoms with Gasteiger partial charge < -0.3 is 10.2 Å². The Morgan fingerprint density at radius 3 is 2.71 bits per heavy atom. The Hall–Kier alpha value is -3.03. The maximum atomic E-state index is 13.2. The number of anilines is 1. The molecule has 0 aliphatic heterocycles. The molecular formula is C20H19F3N4O. The van der Waals surface area contributed by atoms with Gasteiger partial charge in [0.1, 0.15) is 0 Å². The number of nitrogens with zero attached hydrogens (tertiary/aromatic N) is 3. The summed E-state index contributed by atoms with van der Waals surface area (Å²) in [6.45, 7) is 0.326. The lowest BCUT2D eigenvalue weighted by molar-refractivity contribution is -0.136. The fraction of sp³-hybridized carbons (Fsp3) is 0.300. The average Bonchev–Trinajstić information content (AvgIpc) is 3.07. The Balaban J connectivity index is 1.57. The van der Waals surface area contributed by atoms with Crippen molar-refractivity contribution < 1.29 is 18.0 Å². The fourth-order valence-electron chi connectivity index (χ4n) is 3.35. The van der Waals surface area contributed by atoms with Crippen LogP contribution in [0.1, 0.15) is 30.4 Å². The second-order valence-electron chi connectivity index (χ2n) is 6.92. The molecule has 0 atom stereocenters. The number of hydrogen-bond donors (Lipinski definition) is 1. The van der Waals surface area contributed by atoms with E-state index in [-0.39, 0.29) is 11.7 Å². The highest BCUT2D eigenvalue weighted by Gasteiger charge is 2.35. The number of nitrogens with one attached hydrogen (secondary N) is 1. The first-order chi connectivity index (χ1) is 13.4. The molecule has 1 fully saturated rings. The number of amides is 2. The van der Waals surface area contributed by atoms with Crippen molar-refractivity contribution in [2.45, 2.75) is 38.0 Å². The molecule has 1 N–H and O–H groups in total. The van der Waals surface area contributed by atoms with Gasteiger partial charge in [-0.25, -0.2) is 9.31 Å². The molecule has 3 aromatic rings. The summed E-state index contributed by atoms with van der Waals surface area (Å²) in [5.41, 5.74) is 0.723. The lowest BCUT2D eigenvalue weighted by Crippen LogP contribution is -2.46. The van der Waals surface area contributed by atoms with Crippen molar-refractivity contribution in [3.63, 3.8) is 0 Å². The number of urea groups is 1. The van der Waals surface area contributed by atoms with Gasteiger partial charge in [0.05, 0.1) is 16.8 Å². The van der Waals surface area contributed by atoms with Crippen LogP contribution in [0, 0.1) is 0 Å². The van der Waals surface area contributed by atoms with Gasteiger partial charge in [-0.2, -0.15) is 18.3 Å². The number of benzene rings is 1. The van der Waals surface area contributed by atoms with Crippen LogP contribution < -0.4 is 5.32 Å². The fourth-order valence-corrected chi connectivity index (χ4v) is 3.35. The van der Waals surface area contributed by atoms with Gasteiger partial charge >= 0.3 is 12.2 Å². The SMILES string of the molecule is O=C(Nc1ccccc1C(F)(F)F)N(Cc1ccn2nccc2c1)C1CCC1. The summed E-state index contributed by atoms with van der Waals surface area (Å²) < 4.78 is 41.4. The second-order valence-corrected chi connectivity index (χ2v) is 6.92. The van der Waals surface area contributed by atoms with Crippen LogP contribution in [-0.2, 0) is 12.7 Å². The Morgan fingerprint density at radius 1 is 1.21 bits per heavy atom. The van der Waals surface area contributed by atoms with Crippen molar-refractivity contribution in [3.05, 3.63) is 66.0 Å². The molecule has 1 aliphatic carbocycles. The molecule has 146 valence electrons. The van der Waals surface area contributed by atoms with Gasteiger partial charge in [0.15, 0.2) is 0 Å². The van der Waals surface area contributed by atoms with Gasteiger partial charge in [-0.3, -0.25) is 0 Å². The second kappa shape index (κ2) is 7.18. The van der Waals surface area contributed by atoms with Gasteiger partial charge in [0, 0.05) is 25.0 Å². The number of carbonyl (C=O) groups excluding carboxylic acids is 1. The number of rotatable bonds is 4. The van der Waals surface area contributed by atoms with Crippen molar-refractivity contribution in [2.24, 2.45) is 0 Å². The topological polar surface area (TPSA) is 49.6 Å². The first-order valence-electron chi connectivity index (χ1n) is 9.08. The van der Waals surface area contributed by atoms with Crippen molar-refractivity contribution in [1.29, 1.82) is 0 Å². The normalized spacial score (nSPS) is 14.7. The summed E-state index contributed by atoms with van der Waals surface area (Å²) in [7, 11) is 0. The highest BCUT2D eigenvalue weighted by Crippen LogP contribution is 2.35. The summed E-state index contributed by atoms with van der Waals surface area (Å²) in [6, 6.07) is 10.2. The minimum atomic E-state index is -4.53. The number of fused-ring (bicyclic) bond motifs is 1. The van der Waals surface area contributed by atoms with Crippen LogP contribution in [0.4, 0.5) is 23.7 Å². The van der Waals surface area contributed by atoms with Crippen molar-refractivity contribution in [3.8, 4) is 0 Å². The number of halogens is 3. The van der Waals surface area contributed by atoms with Crippen LogP contribution in [0.3, 0.4) is 0 Å². The Kier molecular flexibility index (Phi) is 4.70. The Labute approximate surface area is 159 Å². The minimum Gasteiger partial charge on any atom is -0.317 e. The molecule has 1 aromatic carbocycles. The molecule has 0 spiro atoms. The van der Waals surface area contributed by atoms with E-state index in [1.54, 1.807) is 21.8 Å². The van der Waals surface area contributed by atoms with E-state index in [0.29, 0.717) is 6.54 Å². The molecule has 1 saturated carbocycles. The zero-order valence-corrected chi connectivity index (χ0v) is 15.0. The average molecular weight is 388 g/mol. The summed E-state index contributed by atoms with van der Waals surface area (Å²) in [6.07, 6.45) is 1.67. The summed E-state index contributed by atoms with van der Waals surface area (Å²) >= 11 is 0. The molecule has 1 aliphatic rings. The van der Waals surface area contributed by atoms with E-state index in [2.05, 4.69) is 10.4 Å². The maximum absolute atomic E-state index is 13.2. The van der Waals surface area contributed by atoms with Crippen molar-refractivity contribution >= 4 is 17.2 Å². The lowest BCUT2D eigenvalue weighted by Gasteiger charge is -2.37. The summed E-state index contributed by atoms with van der Waals surface area (Å²) in [5, 5.41) is 6.61. The highest BCUT2D eigenvalue weighted by atomic mass is 19.4. The third-order valence-corrected chi connectivity index (χ3v) is 5.07. The van der Waals surface area contributed by atoms with Gasteiger partial charge in [-0.1, -0.05) is 12.1 Å². The number of hydrogen-bond acceptors (Lipinski definition) is 2. The van der Waals surface area contributed by atoms with Crippen LogP contribution in [-0.4, -0.2) is 26.6 Å². The molecule has 2 heterocycles. The maximum Gasteiger partial charge on any atom is 0.418 e. The van der Waals surface area contributed by atoms with Crippen LogP contribution in [0.15, 0.2) is 54.9 Å². The first-order valence-corrected chi connectivity index (χ1v) is 9.08. The van der Waals surface area contributed by atoms with E-state index in [0.717, 1.165) is 36.4 Å². The summed E-state index contributed by atoms with van der Waals surface area (Å²) in [4.78, 5) is 14.5. The molecule has 4 rings (SSSR count). The van der Waals surface area contributed by atoms with E-state index in [4.69, 9.17) is 0 Å². The van der Waals surface area contributed by atoms with E-state index < -0.39 is 17.8 Å². The molecule has 0 saturated heterocycles. The zero-order chi connectivity index (χ0) is 19.7. The Bertz CT molecular complexity index is 994. The number of aromatic nitrogens is 2. The van der Waals surface area contributed by atoms with Crippen molar-refractivity contribution in [2.75, 3.05) is 5.32 Å². The van der Waals surface area contributed by atoms with Gasteiger partial charge in [0.2, 0.25) is 0 Å². The van der Waals surface area contributed by atoms with E-state index in [9.17, 15) is 18.0 Å². The third-order valence-electron chi connectivity index (χ3n) is 5.07. The highest BCUT2D eigenvalue weighted by molar-refractivity contribution is 5.90. The quantitative estimate of drug-likeness (QED) is 0.688. The molecule has 2 amide bonds. The molecule has 28 heavy (non-hydrogen) atoms. The molecule has 0 radical (unpaired) electrons. The van der Waals surface area contributed by atoms with Crippen LogP contribution in [0.5, 0.6) is 0 Å². The molecule has 5 nitrogen and oxygen atoms in total.